The third-order valence-corrected chi connectivity index (χ3v) is 5.49. The zero-order valence-electron chi connectivity index (χ0n) is 19.4. The van der Waals surface area contributed by atoms with Crippen LogP contribution in [0.15, 0.2) is 64.5 Å². The van der Waals surface area contributed by atoms with E-state index in [-0.39, 0.29) is 28.6 Å². The van der Waals surface area contributed by atoms with Crippen LogP contribution in [0.1, 0.15) is 53.0 Å². The molecule has 3 heterocycles. The summed E-state index contributed by atoms with van der Waals surface area (Å²) in [7, 11) is 0. The zero-order valence-corrected chi connectivity index (χ0v) is 19.4. The number of amides is 1. The molecule has 0 aliphatic rings. The highest BCUT2D eigenvalue weighted by Gasteiger charge is 2.20. The minimum Gasteiger partial charge on any atom is -0.462 e. The quantitative estimate of drug-likeness (QED) is 0.325. The van der Waals surface area contributed by atoms with E-state index in [1.165, 1.54) is 10.5 Å². The van der Waals surface area contributed by atoms with Gasteiger partial charge in [-0.15, -0.1) is 0 Å². The third kappa shape index (κ3) is 4.39. The summed E-state index contributed by atoms with van der Waals surface area (Å²) in [6.07, 6.45) is 3.23. The van der Waals surface area contributed by atoms with E-state index >= 15 is 0 Å². The molecule has 0 bridgehead atoms. The van der Waals surface area contributed by atoms with Gasteiger partial charge in [0.05, 0.1) is 12.0 Å². The van der Waals surface area contributed by atoms with Crippen molar-refractivity contribution in [1.29, 1.82) is 0 Å². The summed E-state index contributed by atoms with van der Waals surface area (Å²) in [5.41, 5.74) is 2.04. The average Bonchev–Trinajstić information content (AvgIpc) is 2.83. The third-order valence-electron chi connectivity index (χ3n) is 5.49. The number of benzene rings is 1. The Hall–Kier alpha value is -4.07. The summed E-state index contributed by atoms with van der Waals surface area (Å²) in [6.45, 7) is 6.19. The largest absolute Gasteiger partial charge is 0.462 e. The number of pyridine rings is 2. The first kappa shape index (κ1) is 23.1. The standard InChI is InChI=1S/C26H26N4O4/c1-4-6-13-30-22-19(25(32)29-14-8-7-12-21(29)27-22)16-20(26(33)34-5-2)23(30)28-24(31)18-11-9-10-17(3)15-18/h7-12,14-16H,4-6,13H2,1-3H3. The number of rotatable bonds is 6. The molecule has 174 valence electrons. The number of fused-ring (bicyclic) bond motifs is 2. The summed E-state index contributed by atoms with van der Waals surface area (Å²) in [5.74, 6) is -1.14. The number of hydrogen-bond donors (Lipinski definition) is 0. The maximum absolute atomic E-state index is 13.3. The predicted molar refractivity (Wildman–Crippen MR) is 129 cm³/mol. The van der Waals surface area contributed by atoms with E-state index in [9.17, 15) is 14.4 Å². The number of nitrogens with zero attached hydrogens (tertiary/aromatic N) is 4. The Morgan fingerprint density at radius 2 is 1.91 bits per heavy atom. The van der Waals surface area contributed by atoms with Crippen molar-refractivity contribution in [1.82, 2.24) is 14.0 Å². The van der Waals surface area contributed by atoms with Crippen LogP contribution in [-0.4, -0.2) is 32.4 Å². The van der Waals surface area contributed by atoms with Crippen molar-refractivity contribution >= 4 is 28.6 Å². The maximum atomic E-state index is 13.3. The number of carbonyl (C=O) groups is 2. The number of carbonyl (C=O) groups excluding carboxylic acids is 2. The molecule has 0 spiro atoms. The fraction of sp³-hybridized carbons (Fsp3) is 0.269. The second-order valence-corrected chi connectivity index (χ2v) is 7.98. The first-order valence-corrected chi connectivity index (χ1v) is 11.3. The molecule has 4 aromatic rings. The molecule has 3 aromatic heterocycles. The Morgan fingerprint density at radius 3 is 2.65 bits per heavy atom. The monoisotopic (exact) mass is 458 g/mol. The number of aryl methyl sites for hydroxylation is 2. The van der Waals surface area contributed by atoms with Crippen molar-refractivity contribution in [3.8, 4) is 0 Å². The molecule has 0 radical (unpaired) electrons. The Bertz CT molecular complexity index is 1530. The summed E-state index contributed by atoms with van der Waals surface area (Å²) < 4.78 is 8.37. The number of hydrogen-bond acceptors (Lipinski definition) is 5. The lowest BCUT2D eigenvalue weighted by atomic mass is 10.1. The Morgan fingerprint density at radius 1 is 1.09 bits per heavy atom. The predicted octanol–water partition coefficient (Wildman–Crippen LogP) is 3.68. The number of ether oxygens (including phenoxy) is 1. The number of unbranched alkanes of at least 4 members (excludes halogenated alkanes) is 1. The van der Waals surface area contributed by atoms with Crippen LogP contribution >= 0.6 is 0 Å². The molecular weight excluding hydrogens is 432 g/mol. The van der Waals surface area contributed by atoms with Crippen LogP contribution < -0.4 is 11.0 Å². The van der Waals surface area contributed by atoms with E-state index in [2.05, 4.69) is 4.99 Å². The SMILES string of the molecule is CCCCn1c(=NC(=O)c2cccc(C)c2)c(C(=O)OCC)cc2c(=O)n3ccccc3nc21. The highest BCUT2D eigenvalue weighted by atomic mass is 16.5. The molecule has 34 heavy (non-hydrogen) atoms. The number of aromatic nitrogens is 3. The van der Waals surface area contributed by atoms with Gasteiger partial charge in [-0.1, -0.05) is 37.1 Å². The van der Waals surface area contributed by atoms with Gasteiger partial charge in [-0.2, -0.15) is 4.99 Å². The first-order chi connectivity index (χ1) is 16.4. The molecule has 0 fully saturated rings. The van der Waals surface area contributed by atoms with Crippen molar-refractivity contribution in [3.63, 3.8) is 0 Å². The molecule has 0 aliphatic carbocycles. The van der Waals surface area contributed by atoms with E-state index in [1.54, 1.807) is 54.1 Å². The van der Waals surface area contributed by atoms with Gasteiger partial charge in [0.15, 0.2) is 5.49 Å². The van der Waals surface area contributed by atoms with Crippen LogP contribution in [0.4, 0.5) is 0 Å². The molecule has 8 heteroatoms. The molecule has 1 aromatic carbocycles. The van der Waals surface area contributed by atoms with Crippen molar-refractivity contribution < 1.29 is 14.3 Å². The Balaban J connectivity index is 2.11. The van der Waals surface area contributed by atoms with E-state index < -0.39 is 11.9 Å². The summed E-state index contributed by atoms with van der Waals surface area (Å²) in [4.78, 5) is 48.4. The lowest BCUT2D eigenvalue weighted by Gasteiger charge is -2.15. The van der Waals surface area contributed by atoms with Crippen LogP contribution in [0.25, 0.3) is 16.7 Å². The van der Waals surface area contributed by atoms with E-state index in [0.717, 1.165) is 18.4 Å². The van der Waals surface area contributed by atoms with Gasteiger partial charge in [0.25, 0.3) is 11.5 Å². The molecule has 0 unspecified atom stereocenters. The molecule has 0 N–H and O–H groups in total. The van der Waals surface area contributed by atoms with E-state index in [4.69, 9.17) is 9.72 Å². The Kier molecular flexibility index (Phi) is 6.67. The van der Waals surface area contributed by atoms with Crippen LogP contribution in [0.5, 0.6) is 0 Å². The highest BCUT2D eigenvalue weighted by molar-refractivity contribution is 5.97. The lowest BCUT2D eigenvalue weighted by molar-refractivity contribution is 0.0523. The second kappa shape index (κ2) is 9.82. The van der Waals surface area contributed by atoms with E-state index in [1.807, 2.05) is 19.9 Å². The highest BCUT2D eigenvalue weighted by Crippen LogP contribution is 2.13. The first-order valence-electron chi connectivity index (χ1n) is 11.3. The molecule has 8 nitrogen and oxygen atoms in total. The zero-order chi connectivity index (χ0) is 24.2. The fourth-order valence-electron chi connectivity index (χ4n) is 3.82. The molecule has 0 atom stereocenters. The molecular formula is C26H26N4O4. The van der Waals surface area contributed by atoms with Gasteiger partial charge in [0.1, 0.15) is 16.9 Å². The fourth-order valence-corrected chi connectivity index (χ4v) is 3.82. The minimum atomic E-state index is -0.650. The van der Waals surface area contributed by atoms with Gasteiger partial charge < -0.3 is 9.30 Å². The molecule has 1 amide bonds. The topological polar surface area (TPSA) is 95.0 Å². The summed E-state index contributed by atoms with van der Waals surface area (Å²) >= 11 is 0. The molecule has 0 saturated carbocycles. The Labute approximate surface area is 196 Å². The average molecular weight is 459 g/mol. The summed E-state index contributed by atoms with van der Waals surface area (Å²) in [5, 5.41) is 0.254. The van der Waals surface area contributed by atoms with Crippen molar-refractivity contribution in [3.05, 3.63) is 87.3 Å². The van der Waals surface area contributed by atoms with Crippen LogP contribution in [0, 0.1) is 6.92 Å². The maximum Gasteiger partial charge on any atom is 0.341 e. The number of esters is 1. The van der Waals surface area contributed by atoms with Crippen LogP contribution in [0.3, 0.4) is 0 Å². The van der Waals surface area contributed by atoms with Crippen molar-refractivity contribution in [2.75, 3.05) is 6.61 Å². The molecule has 4 rings (SSSR count). The summed E-state index contributed by atoms with van der Waals surface area (Å²) in [6, 6.07) is 13.8. The van der Waals surface area contributed by atoms with Gasteiger partial charge in [0, 0.05) is 18.3 Å². The molecule has 0 saturated heterocycles. The van der Waals surface area contributed by atoms with Crippen LogP contribution in [0.2, 0.25) is 0 Å². The normalized spacial score (nSPS) is 11.8. The molecule has 0 aliphatic heterocycles. The minimum absolute atomic E-state index is 0.0567. The smallest absolute Gasteiger partial charge is 0.341 e. The second-order valence-electron chi connectivity index (χ2n) is 7.98. The van der Waals surface area contributed by atoms with Gasteiger partial charge in [-0.25, -0.2) is 9.78 Å². The van der Waals surface area contributed by atoms with Gasteiger partial charge >= 0.3 is 5.97 Å². The van der Waals surface area contributed by atoms with Gasteiger partial charge in [-0.05, 0) is 50.6 Å². The van der Waals surface area contributed by atoms with E-state index in [0.29, 0.717) is 23.4 Å². The van der Waals surface area contributed by atoms with Crippen molar-refractivity contribution in [2.45, 2.75) is 40.2 Å². The van der Waals surface area contributed by atoms with Gasteiger partial charge in [-0.3, -0.25) is 14.0 Å². The van der Waals surface area contributed by atoms with Crippen molar-refractivity contribution in [2.24, 2.45) is 4.99 Å². The van der Waals surface area contributed by atoms with Crippen LogP contribution in [-0.2, 0) is 11.3 Å². The van der Waals surface area contributed by atoms with Gasteiger partial charge in [0.2, 0.25) is 0 Å². The lowest BCUT2D eigenvalue weighted by Crippen LogP contribution is -2.33.